The lowest BCUT2D eigenvalue weighted by Gasteiger charge is -2.36. The van der Waals surface area contributed by atoms with Gasteiger partial charge in [-0.1, -0.05) is 45.0 Å². The predicted molar refractivity (Wildman–Crippen MR) is 121 cm³/mol. The van der Waals surface area contributed by atoms with Gasteiger partial charge in [0, 0.05) is 12.6 Å². The van der Waals surface area contributed by atoms with Crippen LogP contribution in [0.2, 0.25) is 0 Å². The predicted octanol–water partition coefficient (Wildman–Crippen LogP) is 1.99. The molecular formula is C24H31F3N4O4. The number of nitrogens with zero attached hydrogens (tertiary/aromatic N) is 1. The molecule has 0 unspecified atom stereocenters. The Hall–Kier alpha value is -3.11. The zero-order chi connectivity index (χ0) is 26.0. The molecule has 3 rings (SSSR count). The summed E-state index contributed by atoms with van der Waals surface area (Å²) in [6.07, 6.45) is -2.12. The molecule has 1 aliphatic carbocycles. The zero-order valence-corrected chi connectivity index (χ0v) is 19.9. The number of carbonyl (C=O) groups excluding carboxylic acids is 4. The highest BCUT2D eigenvalue weighted by Crippen LogP contribution is 2.31. The van der Waals surface area contributed by atoms with Gasteiger partial charge in [-0.3, -0.25) is 19.2 Å². The van der Waals surface area contributed by atoms with Gasteiger partial charge in [0.2, 0.25) is 18.2 Å². The molecule has 1 aromatic carbocycles. The summed E-state index contributed by atoms with van der Waals surface area (Å²) in [5.41, 5.74) is 1.06. The molecule has 8 nitrogen and oxygen atoms in total. The molecule has 0 radical (unpaired) electrons. The van der Waals surface area contributed by atoms with E-state index in [1.165, 1.54) is 20.8 Å². The number of aryl methyl sites for hydroxylation is 1. The molecule has 192 valence electrons. The fourth-order valence-corrected chi connectivity index (χ4v) is 4.74. The molecule has 1 aliphatic heterocycles. The van der Waals surface area contributed by atoms with E-state index in [1.54, 1.807) is 5.32 Å². The van der Waals surface area contributed by atoms with Crippen LogP contribution in [-0.2, 0) is 25.6 Å². The van der Waals surface area contributed by atoms with Crippen LogP contribution < -0.4 is 16.0 Å². The Morgan fingerprint density at radius 3 is 2.46 bits per heavy atom. The third kappa shape index (κ3) is 6.12. The van der Waals surface area contributed by atoms with E-state index in [0.29, 0.717) is 12.8 Å². The molecule has 1 saturated heterocycles. The molecule has 4 atom stereocenters. The van der Waals surface area contributed by atoms with Gasteiger partial charge in [0.15, 0.2) is 0 Å². The molecule has 1 fully saturated rings. The second kappa shape index (κ2) is 10.2. The van der Waals surface area contributed by atoms with Crippen molar-refractivity contribution in [2.45, 2.75) is 76.8 Å². The quantitative estimate of drug-likeness (QED) is 0.524. The summed E-state index contributed by atoms with van der Waals surface area (Å²) in [5, 5.41) is 7.34. The van der Waals surface area contributed by atoms with Crippen molar-refractivity contribution >= 4 is 24.1 Å². The summed E-state index contributed by atoms with van der Waals surface area (Å²) >= 11 is 0. The van der Waals surface area contributed by atoms with Crippen molar-refractivity contribution in [1.82, 2.24) is 20.9 Å². The first-order chi connectivity index (χ1) is 16.3. The smallest absolute Gasteiger partial charge is 0.354 e. The number of hydrogen-bond donors (Lipinski definition) is 3. The van der Waals surface area contributed by atoms with Crippen LogP contribution in [-0.4, -0.2) is 59.9 Å². The Morgan fingerprint density at radius 2 is 1.83 bits per heavy atom. The lowest BCUT2D eigenvalue weighted by Crippen LogP contribution is -2.59. The largest absolute Gasteiger partial charge is 0.471 e. The number of fused-ring (bicyclic) bond motifs is 1. The van der Waals surface area contributed by atoms with Crippen molar-refractivity contribution in [2.75, 3.05) is 6.54 Å². The number of likely N-dealkylation sites (tertiary alicyclic amines) is 1. The summed E-state index contributed by atoms with van der Waals surface area (Å²) in [6, 6.07) is 4.40. The van der Waals surface area contributed by atoms with Crippen LogP contribution >= 0.6 is 0 Å². The molecule has 0 spiro atoms. The van der Waals surface area contributed by atoms with Crippen LogP contribution in [0.3, 0.4) is 0 Å². The van der Waals surface area contributed by atoms with E-state index < -0.39 is 47.4 Å². The zero-order valence-electron chi connectivity index (χ0n) is 19.9. The summed E-state index contributed by atoms with van der Waals surface area (Å²) in [7, 11) is 0. The van der Waals surface area contributed by atoms with Crippen LogP contribution in [0.25, 0.3) is 0 Å². The molecule has 0 saturated carbocycles. The molecule has 35 heavy (non-hydrogen) atoms. The first-order valence-electron chi connectivity index (χ1n) is 11.6. The Bertz CT molecular complexity index is 976. The van der Waals surface area contributed by atoms with Gasteiger partial charge in [-0.25, -0.2) is 0 Å². The van der Waals surface area contributed by atoms with Crippen LogP contribution in [0, 0.1) is 5.41 Å². The van der Waals surface area contributed by atoms with Gasteiger partial charge in [-0.05, 0) is 42.2 Å². The Labute approximate surface area is 202 Å². The summed E-state index contributed by atoms with van der Waals surface area (Å²) < 4.78 is 38.8. The van der Waals surface area contributed by atoms with Crippen molar-refractivity contribution in [3.8, 4) is 0 Å². The number of carbonyl (C=O) groups is 4. The summed E-state index contributed by atoms with van der Waals surface area (Å²) in [5.74, 6) is -3.49. The van der Waals surface area contributed by atoms with Gasteiger partial charge in [0.05, 0.1) is 6.04 Å². The molecule has 0 aromatic heterocycles. The molecule has 3 N–H and O–H groups in total. The minimum absolute atomic E-state index is 0.0641. The number of alkyl halides is 3. The monoisotopic (exact) mass is 496 g/mol. The average Bonchev–Trinajstić information content (AvgIpc) is 3.20. The molecule has 2 aliphatic rings. The van der Waals surface area contributed by atoms with Crippen molar-refractivity contribution < 1.29 is 32.3 Å². The molecule has 1 heterocycles. The number of amides is 4. The van der Waals surface area contributed by atoms with E-state index in [2.05, 4.69) is 10.6 Å². The SMILES string of the molecule is CC(C)(C)[C@H](NC(=O)C(F)(F)F)C(=O)N1C[C@@H](NC=O)C[C@H]1C(=O)N[C@@H]1CCCc2ccccc21. The number of hydrogen-bond acceptors (Lipinski definition) is 4. The minimum Gasteiger partial charge on any atom is -0.354 e. The topological polar surface area (TPSA) is 108 Å². The Balaban J connectivity index is 1.84. The second-order valence-electron chi connectivity index (χ2n) is 10.1. The van der Waals surface area contributed by atoms with Gasteiger partial charge in [-0.15, -0.1) is 0 Å². The van der Waals surface area contributed by atoms with Crippen LogP contribution in [0.4, 0.5) is 13.2 Å². The molecular weight excluding hydrogens is 465 g/mol. The fraction of sp³-hybridized carbons (Fsp3) is 0.583. The highest BCUT2D eigenvalue weighted by atomic mass is 19.4. The van der Waals surface area contributed by atoms with E-state index in [4.69, 9.17) is 0 Å². The summed E-state index contributed by atoms with van der Waals surface area (Å²) in [4.78, 5) is 50.7. The number of rotatable bonds is 6. The maximum Gasteiger partial charge on any atom is 0.471 e. The number of nitrogens with one attached hydrogen (secondary N) is 3. The van der Waals surface area contributed by atoms with E-state index in [-0.39, 0.29) is 19.0 Å². The van der Waals surface area contributed by atoms with E-state index >= 15 is 0 Å². The minimum atomic E-state index is -5.17. The first kappa shape index (κ1) is 26.5. The van der Waals surface area contributed by atoms with E-state index in [0.717, 1.165) is 28.9 Å². The molecule has 1 aromatic rings. The normalized spacial score (nSPS) is 23.1. The van der Waals surface area contributed by atoms with E-state index in [1.807, 2.05) is 24.3 Å². The molecule has 4 amide bonds. The fourth-order valence-electron chi connectivity index (χ4n) is 4.74. The lowest BCUT2D eigenvalue weighted by molar-refractivity contribution is -0.176. The highest BCUT2D eigenvalue weighted by molar-refractivity contribution is 5.94. The van der Waals surface area contributed by atoms with Gasteiger partial charge in [0.25, 0.3) is 0 Å². The van der Waals surface area contributed by atoms with Gasteiger partial charge in [-0.2, -0.15) is 13.2 Å². The highest BCUT2D eigenvalue weighted by Gasteiger charge is 2.48. The van der Waals surface area contributed by atoms with Gasteiger partial charge >= 0.3 is 12.1 Å². The average molecular weight is 497 g/mol. The van der Waals surface area contributed by atoms with Gasteiger partial charge in [0.1, 0.15) is 12.1 Å². The third-order valence-electron chi connectivity index (χ3n) is 6.52. The molecule has 11 heteroatoms. The van der Waals surface area contributed by atoms with Crippen LogP contribution in [0.15, 0.2) is 24.3 Å². The maximum atomic E-state index is 13.5. The van der Waals surface area contributed by atoms with Crippen LogP contribution in [0.5, 0.6) is 0 Å². The van der Waals surface area contributed by atoms with Crippen LogP contribution in [0.1, 0.15) is 57.2 Å². The van der Waals surface area contributed by atoms with E-state index in [9.17, 15) is 32.3 Å². The second-order valence-corrected chi connectivity index (χ2v) is 10.1. The Morgan fingerprint density at radius 1 is 1.14 bits per heavy atom. The van der Waals surface area contributed by atoms with Gasteiger partial charge < -0.3 is 20.9 Å². The maximum absolute atomic E-state index is 13.5. The third-order valence-corrected chi connectivity index (χ3v) is 6.52. The number of halogens is 3. The Kier molecular flexibility index (Phi) is 7.76. The van der Waals surface area contributed by atoms with Crippen molar-refractivity contribution in [3.05, 3.63) is 35.4 Å². The van der Waals surface area contributed by atoms with Crippen molar-refractivity contribution in [1.29, 1.82) is 0 Å². The molecule has 0 bridgehead atoms. The van der Waals surface area contributed by atoms with Crippen molar-refractivity contribution in [2.24, 2.45) is 5.41 Å². The standard InChI is InChI=1S/C24H31F3N4O4/c1-23(2,3)19(30-22(35)24(25,26)27)21(34)31-12-15(28-13-32)11-18(31)20(33)29-17-10-6-8-14-7-4-5-9-16(14)17/h4-5,7,9,13,15,17-19H,6,8,10-12H2,1-3H3,(H,28,32)(H,29,33)(H,30,35)/t15-,17+,18-,19+/m0/s1. The summed E-state index contributed by atoms with van der Waals surface area (Å²) in [6.45, 7) is 4.51. The lowest BCUT2D eigenvalue weighted by atomic mass is 9.85. The first-order valence-corrected chi connectivity index (χ1v) is 11.6. The van der Waals surface area contributed by atoms with Crippen molar-refractivity contribution in [3.63, 3.8) is 0 Å². The number of benzene rings is 1.